The number of aromatic nitrogens is 2. The van der Waals surface area contributed by atoms with Crippen LogP contribution in [-0.2, 0) is 17.6 Å². The second-order valence-electron chi connectivity index (χ2n) is 7.05. The average molecular weight is 318 g/mol. The highest BCUT2D eigenvalue weighted by molar-refractivity contribution is 5.79. The number of carbonyl (C=O) groups excluding carboxylic acids is 1. The molecule has 23 heavy (non-hydrogen) atoms. The summed E-state index contributed by atoms with van der Waals surface area (Å²) < 4.78 is 2.17. The van der Waals surface area contributed by atoms with E-state index in [-0.39, 0.29) is 12.0 Å². The lowest BCUT2D eigenvalue weighted by Crippen LogP contribution is -2.27. The minimum atomic E-state index is -0.490. The van der Waals surface area contributed by atoms with E-state index >= 15 is 0 Å². The Labute approximate surface area is 136 Å². The van der Waals surface area contributed by atoms with Crippen molar-refractivity contribution < 1.29 is 10.0 Å². The first-order chi connectivity index (χ1) is 10.8. The number of pyridine rings is 1. The van der Waals surface area contributed by atoms with E-state index in [0.29, 0.717) is 5.82 Å². The van der Waals surface area contributed by atoms with E-state index < -0.39 is 5.91 Å². The molecular formula is C17H26N4O2. The highest BCUT2D eigenvalue weighted by Gasteiger charge is 2.21. The lowest BCUT2D eigenvalue weighted by atomic mass is 9.90. The van der Waals surface area contributed by atoms with Crippen LogP contribution in [0.2, 0.25) is 0 Å². The topological polar surface area (TPSA) is 78.7 Å². The predicted molar refractivity (Wildman–Crippen MR) is 90.9 cm³/mol. The van der Waals surface area contributed by atoms with Crippen LogP contribution in [0.4, 0.5) is 5.82 Å². The van der Waals surface area contributed by atoms with Gasteiger partial charge in [-0.3, -0.25) is 14.4 Å². The summed E-state index contributed by atoms with van der Waals surface area (Å²) in [5, 5.41) is 11.7. The first-order valence-corrected chi connectivity index (χ1v) is 7.93. The molecule has 0 radical (unpaired) electrons. The SMILES string of the molecule is CCc1ccc(C)n2c(CC(C)(C)C)c(NCC(=O)NO)nc12. The van der Waals surface area contributed by atoms with E-state index in [1.807, 2.05) is 0 Å². The van der Waals surface area contributed by atoms with Gasteiger partial charge in [0.05, 0.1) is 12.2 Å². The normalized spacial score (nSPS) is 11.7. The number of carbonyl (C=O) groups is 1. The summed E-state index contributed by atoms with van der Waals surface area (Å²) in [6.07, 6.45) is 1.72. The molecular weight excluding hydrogens is 292 g/mol. The third kappa shape index (κ3) is 3.82. The van der Waals surface area contributed by atoms with E-state index in [4.69, 9.17) is 10.2 Å². The van der Waals surface area contributed by atoms with Gasteiger partial charge < -0.3 is 5.32 Å². The smallest absolute Gasteiger partial charge is 0.262 e. The fourth-order valence-corrected chi connectivity index (χ4v) is 2.71. The Morgan fingerprint density at radius 1 is 1.35 bits per heavy atom. The maximum Gasteiger partial charge on any atom is 0.262 e. The molecule has 0 atom stereocenters. The van der Waals surface area contributed by atoms with E-state index in [1.165, 1.54) is 5.56 Å². The zero-order valence-corrected chi connectivity index (χ0v) is 14.5. The van der Waals surface area contributed by atoms with Crippen LogP contribution in [0.3, 0.4) is 0 Å². The average Bonchev–Trinajstić information content (AvgIpc) is 2.82. The number of nitrogens with one attached hydrogen (secondary N) is 2. The number of imidazole rings is 1. The van der Waals surface area contributed by atoms with Crippen molar-refractivity contribution in [2.75, 3.05) is 11.9 Å². The number of hydrogen-bond acceptors (Lipinski definition) is 4. The van der Waals surface area contributed by atoms with Gasteiger partial charge in [-0.1, -0.05) is 33.8 Å². The van der Waals surface area contributed by atoms with Crippen molar-refractivity contribution >= 4 is 17.4 Å². The van der Waals surface area contributed by atoms with Gasteiger partial charge in [-0.25, -0.2) is 10.5 Å². The van der Waals surface area contributed by atoms with Crippen LogP contribution >= 0.6 is 0 Å². The summed E-state index contributed by atoms with van der Waals surface area (Å²) in [7, 11) is 0. The number of aryl methyl sites for hydroxylation is 2. The molecule has 1 amide bonds. The third-order valence-electron chi connectivity index (χ3n) is 3.76. The summed E-state index contributed by atoms with van der Waals surface area (Å²) in [5.74, 6) is 0.212. The lowest BCUT2D eigenvalue weighted by molar-refractivity contribution is -0.127. The van der Waals surface area contributed by atoms with Crippen LogP contribution in [-0.4, -0.2) is 27.0 Å². The quantitative estimate of drug-likeness (QED) is 0.585. The number of hydroxylamine groups is 1. The monoisotopic (exact) mass is 318 g/mol. The maximum absolute atomic E-state index is 11.3. The van der Waals surface area contributed by atoms with E-state index in [1.54, 1.807) is 5.48 Å². The second-order valence-corrected chi connectivity index (χ2v) is 7.05. The van der Waals surface area contributed by atoms with Gasteiger partial charge in [0.2, 0.25) is 0 Å². The Hall–Kier alpha value is -2.08. The van der Waals surface area contributed by atoms with E-state index in [0.717, 1.165) is 29.9 Å². The Kier molecular flexibility index (Phi) is 4.94. The van der Waals surface area contributed by atoms with Gasteiger partial charge in [0.1, 0.15) is 11.5 Å². The molecule has 2 aromatic rings. The van der Waals surface area contributed by atoms with E-state index in [2.05, 4.69) is 56.5 Å². The molecule has 0 aliphatic heterocycles. The van der Waals surface area contributed by atoms with Crippen molar-refractivity contribution in [1.29, 1.82) is 0 Å². The number of rotatable bonds is 5. The molecule has 2 heterocycles. The Bertz CT molecular complexity index is 713. The number of fused-ring (bicyclic) bond motifs is 1. The molecule has 0 fully saturated rings. The molecule has 0 aliphatic carbocycles. The molecule has 0 bridgehead atoms. The van der Waals surface area contributed by atoms with Crippen LogP contribution in [0.1, 0.15) is 44.6 Å². The zero-order valence-electron chi connectivity index (χ0n) is 14.5. The highest BCUT2D eigenvalue weighted by Crippen LogP contribution is 2.29. The molecule has 0 aromatic carbocycles. The van der Waals surface area contributed by atoms with Crippen molar-refractivity contribution in [3.63, 3.8) is 0 Å². The van der Waals surface area contributed by atoms with Gasteiger partial charge in [-0.15, -0.1) is 0 Å². The molecule has 6 heteroatoms. The van der Waals surface area contributed by atoms with Crippen LogP contribution in [0.25, 0.3) is 5.65 Å². The van der Waals surface area contributed by atoms with Crippen LogP contribution in [0.15, 0.2) is 12.1 Å². The standard InChI is InChI=1S/C17H26N4O2/c1-6-12-8-7-11(2)21-13(9-17(3,4)5)15(19-16(12)21)18-10-14(22)20-23/h7-8,18,23H,6,9-10H2,1-5H3,(H,20,22). The number of nitrogens with zero attached hydrogens (tertiary/aromatic N) is 2. The van der Waals surface area contributed by atoms with Crippen LogP contribution < -0.4 is 10.8 Å². The first kappa shape index (κ1) is 17.3. The van der Waals surface area contributed by atoms with Gasteiger partial charge >= 0.3 is 0 Å². The van der Waals surface area contributed by atoms with Crippen molar-refractivity contribution in [1.82, 2.24) is 14.9 Å². The molecule has 0 unspecified atom stereocenters. The Morgan fingerprint density at radius 2 is 2.04 bits per heavy atom. The summed E-state index contributed by atoms with van der Waals surface area (Å²) in [6, 6.07) is 4.20. The fourth-order valence-electron chi connectivity index (χ4n) is 2.71. The van der Waals surface area contributed by atoms with Gasteiger partial charge in [-0.05, 0) is 36.8 Å². The van der Waals surface area contributed by atoms with Gasteiger partial charge in [0, 0.05) is 5.69 Å². The molecule has 0 saturated carbocycles. The van der Waals surface area contributed by atoms with Crippen LogP contribution in [0, 0.1) is 12.3 Å². The summed E-state index contributed by atoms with van der Waals surface area (Å²) >= 11 is 0. The third-order valence-corrected chi connectivity index (χ3v) is 3.76. The minimum Gasteiger partial charge on any atom is -0.359 e. The summed E-state index contributed by atoms with van der Waals surface area (Å²) in [4.78, 5) is 16.1. The second kappa shape index (κ2) is 6.58. The molecule has 2 aromatic heterocycles. The zero-order chi connectivity index (χ0) is 17.2. The Balaban J connectivity index is 2.57. The molecule has 126 valence electrons. The van der Waals surface area contributed by atoms with Crippen LogP contribution in [0.5, 0.6) is 0 Å². The number of amides is 1. The maximum atomic E-state index is 11.3. The van der Waals surface area contributed by atoms with Gasteiger partial charge in [0.25, 0.3) is 5.91 Å². The molecule has 3 N–H and O–H groups in total. The van der Waals surface area contributed by atoms with Crippen molar-refractivity contribution in [3.8, 4) is 0 Å². The Morgan fingerprint density at radius 3 is 2.61 bits per heavy atom. The van der Waals surface area contributed by atoms with Gasteiger partial charge in [-0.2, -0.15) is 0 Å². The van der Waals surface area contributed by atoms with E-state index in [9.17, 15) is 4.79 Å². The predicted octanol–water partition coefficient (Wildman–Crippen LogP) is 2.71. The fraction of sp³-hybridized carbons (Fsp3) is 0.529. The minimum absolute atomic E-state index is 0.0158. The largest absolute Gasteiger partial charge is 0.359 e. The lowest BCUT2D eigenvalue weighted by Gasteiger charge is -2.19. The molecule has 0 aliphatic rings. The molecule has 0 spiro atoms. The number of anilines is 1. The molecule has 2 rings (SSSR count). The van der Waals surface area contributed by atoms with Crippen molar-refractivity contribution in [2.24, 2.45) is 5.41 Å². The van der Waals surface area contributed by atoms with Crippen molar-refractivity contribution in [2.45, 2.75) is 47.5 Å². The van der Waals surface area contributed by atoms with Crippen molar-refractivity contribution in [3.05, 3.63) is 29.1 Å². The number of hydrogen-bond donors (Lipinski definition) is 3. The molecule has 6 nitrogen and oxygen atoms in total. The summed E-state index contributed by atoms with van der Waals surface area (Å²) in [6.45, 7) is 10.7. The summed E-state index contributed by atoms with van der Waals surface area (Å²) in [5.41, 5.74) is 5.99. The first-order valence-electron chi connectivity index (χ1n) is 7.93. The highest BCUT2D eigenvalue weighted by atomic mass is 16.5. The molecule has 0 saturated heterocycles. The van der Waals surface area contributed by atoms with Gasteiger partial charge in [0.15, 0.2) is 0 Å².